The van der Waals surface area contributed by atoms with E-state index in [1.54, 1.807) is 0 Å². The number of aromatic nitrogens is 2. The van der Waals surface area contributed by atoms with Crippen molar-refractivity contribution < 1.29 is 39.5 Å². The third-order valence-electron chi connectivity index (χ3n) is 5.44. The highest BCUT2D eigenvalue weighted by molar-refractivity contribution is 7.91. The summed E-state index contributed by atoms with van der Waals surface area (Å²) in [4.78, 5) is 5.23. The second-order valence-corrected chi connectivity index (χ2v) is 9.91. The molecule has 180 valence electrons. The number of fused-ring (bicyclic) bond motifs is 3. The van der Waals surface area contributed by atoms with E-state index < -0.39 is 55.1 Å². The van der Waals surface area contributed by atoms with Crippen LogP contribution >= 0.6 is 0 Å². The van der Waals surface area contributed by atoms with Crippen molar-refractivity contribution in [1.82, 2.24) is 15.3 Å². The number of nitrogens with zero attached hydrogens (tertiary/aromatic N) is 1. The Labute approximate surface area is 184 Å². The minimum Gasteiger partial charge on any atom is -0.487 e. The van der Waals surface area contributed by atoms with Gasteiger partial charge in [0.1, 0.15) is 17.5 Å². The zero-order valence-electron chi connectivity index (χ0n) is 17.2. The lowest BCUT2D eigenvalue weighted by Crippen LogP contribution is -2.29. The van der Waals surface area contributed by atoms with Crippen molar-refractivity contribution in [3.63, 3.8) is 0 Å². The van der Waals surface area contributed by atoms with Gasteiger partial charge in [0.05, 0.1) is 21.5 Å². The fourth-order valence-corrected chi connectivity index (χ4v) is 5.16. The summed E-state index contributed by atoms with van der Waals surface area (Å²) >= 11 is 0. The number of aromatic amines is 1. The van der Waals surface area contributed by atoms with Gasteiger partial charge in [0, 0.05) is 29.8 Å². The Balaban J connectivity index is 2.08. The Morgan fingerprint density at radius 2 is 1.82 bits per heavy atom. The van der Waals surface area contributed by atoms with Crippen molar-refractivity contribution in [2.75, 3.05) is 19.3 Å². The van der Waals surface area contributed by atoms with Crippen LogP contribution in [0.15, 0.2) is 23.2 Å². The minimum atomic E-state index is -5.11. The van der Waals surface area contributed by atoms with Crippen LogP contribution in [-0.4, -0.2) is 43.8 Å². The predicted molar refractivity (Wildman–Crippen MR) is 108 cm³/mol. The molecular formula is C20H19F6N3O3S. The fraction of sp³-hybridized carbons (Fsp3) is 0.450. The first-order chi connectivity index (χ1) is 15.3. The molecule has 33 heavy (non-hydrogen) atoms. The monoisotopic (exact) mass is 495 g/mol. The van der Waals surface area contributed by atoms with Crippen molar-refractivity contribution in [2.24, 2.45) is 0 Å². The predicted octanol–water partition coefficient (Wildman–Crippen LogP) is 4.68. The summed E-state index contributed by atoms with van der Waals surface area (Å²) in [5, 5.41) is 2.18. The maximum absolute atomic E-state index is 14.0. The van der Waals surface area contributed by atoms with Crippen LogP contribution < -0.4 is 10.1 Å². The SMILES string of the molecule is CS(=O)(=O)c1c(C(F)(F)F)cc(O[C@@H]2CCCCNC2)c2[nH]c3ncc(C(F)(F)F)cc3c12. The third-order valence-corrected chi connectivity index (χ3v) is 6.61. The molecule has 0 aliphatic carbocycles. The molecule has 2 N–H and O–H groups in total. The Morgan fingerprint density at radius 1 is 1.09 bits per heavy atom. The number of ether oxygens (including phenoxy) is 1. The molecule has 2 aromatic heterocycles. The number of pyridine rings is 1. The molecule has 1 aliphatic rings. The molecule has 1 aromatic carbocycles. The van der Waals surface area contributed by atoms with Gasteiger partial charge in [-0.1, -0.05) is 0 Å². The second-order valence-electron chi connectivity index (χ2n) is 7.95. The van der Waals surface area contributed by atoms with E-state index in [1.807, 2.05) is 0 Å². The van der Waals surface area contributed by atoms with Gasteiger partial charge < -0.3 is 15.0 Å². The molecule has 0 unspecified atom stereocenters. The van der Waals surface area contributed by atoms with Crippen molar-refractivity contribution in [3.8, 4) is 5.75 Å². The lowest BCUT2D eigenvalue weighted by molar-refractivity contribution is -0.140. The summed E-state index contributed by atoms with van der Waals surface area (Å²) in [7, 11) is -4.53. The zero-order chi connectivity index (χ0) is 24.2. The van der Waals surface area contributed by atoms with Gasteiger partial charge in [-0.3, -0.25) is 0 Å². The zero-order valence-corrected chi connectivity index (χ0v) is 18.0. The van der Waals surface area contributed by atoms with Gasteiger partial charge in [0.25, 0.3) is 0 Å². The molecule has 13 heteroatoms. The number of halogens is 6. The number of H-pyrrole nitrogens is 1. The molecule has 0 amide bonds. The Hall–Kier alpha value is -2.54. The number of hydrogen-bond acceptors (Lipinski definition) is 5. The maximum atomic E-state index is 14.0. The fourth-order valence-electron chi connectivity index (χ4n) is 4.01. The Morgan fingerprint density at radius 3 is 2.45 bits per heavy atom. The van der Waals surface area contributed by atoms with Crippen LogP contribution in [0.25, 0.3) is 21.9 Å². The molecule has 0 radical (unpaired) electrons. The Bertz CT molecular complexity index is 1310. The number of rotatable bonds is 3. The van der Waals surface area contributed by atoms with Gasteiger partial charge in [0.2, 0.25) is 0 Å². The van der Waals surface area contributed by atoms with E-state index in [2.05, 4.69) is 15.3 Å². The highest BCUT2D eigenvalue weighted by Crippen LogP contribution is 2.45. The molecule has 0 spiro atoms. The molecule has 0 bridgehead atoms. The molecule has 4 rings (SSSR count). The molecule has 1 fully saturated rings. The van der Waals surface area contributed by atoms with Gasteiger partial charge in [-0.2, -0.15) is 26.3 Å². The van der Waals surface area contributed by atoms with E-state index in [9.17, 15) is 34.8 Å². The van der Waals surface area contributed by atoms with Gasteiger partial charge in [-0.15, -0.1) is 0 Å². The topological polar surface area (TPSA) is 84.1 Å². The van der Waals surface area contributed by atoms with Crippen molar-refractivity contribution in [2.45, 2.75) is 42.6 Å². The van der Waals surface area contributed by atoms with Gasteiger partial charge in [-0.05, 0) is 37.9 Å². The van der Waals surface area contributed by atoms with E-state index in [1.165, 1.54) is 0 Å². The summed E-state index contributed by atoms with van der Waals surface area (Å²) in [5.41, 5.74) is -3.07. The van der Waals surface area contributed by atoms with Gasteiger partial charge in [0.15, 0.2) is 9.84 Å². The summed E-state index contributed by atoms with van der Waals surface area (Å²) in [6, 6.07) is 1.18. The van der Waals surface area contributed by atoms with Crippen LogP contribution in [0.3, 0.4) is 0 Å². The molecule has 3 aromatic rings. The molecule has 1 aliphatic heterocycles. The van der Waals surface area contributed by atoms with Gasteiger partial charge in [-0.25, -0.2) is 13.4 Å². The van der Waals surface area contributed by atoms with E-state index in [4.69, 9.17) is 4.74 Å². The average Bonchev–Trinajstić information content (AvgIpc) is 2.86. The molecule has 6 nitrogen and oxygen atoms in total. The molecule has 0 saturated carbocycles. The van der Waals surface area contributed by atoms with Crippen LogP contribution in [-0.2, 0) is 22.2 Å². The Kier molecular flexibility index (Phi) is 5.76. The summed E-state index contributed by atoms with van der Waals surface area (Å²) < 4.78 is 113. The highest BCUT2D eigenvalue weighted by Gasteiger charge is 2.40. The molecule has 3 heterocycles. The van der Waals surface area contributed by atoms with E-state index >= 15 is 0 Å². The lowest BCUT2D eigenvalue weighted by Gasteiger charge is -2.20. The number of hydrogen-bond donors (Lipinski definition) is 2. The lowest BCUT2D eigenvalue weighted by atomic mass is 10.1. The van der Waals surface area contributed by atoms with Crippen LogP contribution in [0.2, 0.25) is 0 Å². The largest absolute Gasteiger partial charge is 0.487 e. The van der Waals surface area contributed by atoms with E-state index in [-0.39, 0.29) is 16.9 Å². The smallest absolute Gasteiger partial charge is 0.417 e. The van der Waals surface area contributed by atoms with Gasteiger partial charge >= 0.3 is 12.4 Å². The normalized spacial score (nSPS) is 18.6. The first kappa shape index (κ1) is 23.6. The van der Waals surface area contributed by atoms with E-state index in [0.717, 1.165) is 12.8 Å². The van der Waals surface area contributed by atoms with Crippen LogP contribution in [0.5, 0.6) is 5.75 Å². The molecular weight excluding hydrogens is 476 g/mol. The molecule has 1 saturated heterocycles. The summed E-state index contributed by atoms with van der Waals surface area (Å²) in [6.45, 7) is 1.07. The number of benzene rings is 1. The van der Waals surface area contributed by atoms with Crippen LogP contribution in [0.1, 0.15) is 30.4 Å². The highest BCUT2D eigenvalue weighted by atomic mass is 32.2. The summed E-state index contributed by atoms with van der Waals surface area (Å²) in [5.74, 6) is -0.301. The van der Waals surface area contributed by atoms with Crippen LogP contribution in [0, 0.1) is 0 Å². The minimum absolute atomic E-state index is 0.158. The number of sulfone groups is 1. The van der Waals surface area contributed by atoms with Crippen molar-refractivity contribution >= 4 is 31.8 Å². The standard InChI is InChI=1S/C20H19F6N3O3S/c1-33(30,31)17-13(20(24,25)26)7-14(32-11-4-2-3-5-27-9-11)16-15(17)12-6-10(19(21,22)23)8-28-18(12)29-16/h6-8,11,27H,2-5,9H2,1H3,(H,28,29)/t11-/m1/s1. The maximum Gasteiger partial charge on any atom is 0.417 e. The first-order valence-electron chi connectivity index (χ1n) is 9.97. The van der Waals surface area contributed by atoms with Crippen molar-refractivity contribution in [3.05, 3.63) is 29.5 Å². The van der Waals surface area contributed by atoms with Crippen molar-refractivity contribution in [1.29, 1.82) is 0 Å². The average molecular weight is 495 g/mol. The summed E-state index contributed by atoms with van der Waals surface area (Å²) in [6.07, 6.45) is -7.19. The second kappa shape index (κ2) is 8.05. The third kappa shape index (κ3) is 4.60. The quantitative estimate of drug-likeness (QED) is 0.516. The van der Waals surface area contributed by atoms with E-state index in [0.29, 0.717) is 44.1 Å². The van der Waals surface area contributed by atoms with Crippen LogP contribution in [0.4, 0.5) is 26.3 Å². The number of nitrogens with one attached hydrogen (secondary N) is 2. The number of alkyl halides is 6. The first-order valence-corrected chi connectivity index (χ1v) is 11.9. The molecule has 1 atom stereocenters.